The van der Waals surface area contributed by atoms with Crippen molar-refractivity contribution in [2.75, 3.05) is 9.80 Å². The quantitative estimate of drug-likeness (QED) is 0.140. The third-order valence-electron chi connectivity index (χ3n) is 14.4. The molecule has 12 aromatic carbocycles. The van der Waals surface area contributed by atoms with Crippen LogP contribution in [0.4, 0.5) is 34.1 Å². The molecule has 2 aromatic heterocycles. The van der Waals surface area contributed by atoms with E-state index in [1.54, 1.807) is 0 Å². The standard InChI is InChI=1S/C66H44N2S2/c1-41-37-59(67(45-19-5-3-6-20-45)47-23-13-17-43(39-47)51-27-15-29-55-53-25-9-11-31-61(53)69-65(51)55)57-36-34-50-42(2)38-60(58-35-33-49(41)63(57)64(50)58)68(46-21-7-4-8-22-46)48-24-14-18-44(40-48)52-28-16-30-56-54-26-10-12-32-62(54)70-66(52)56/h3-40H,1-2H3. The minimum atomic E-state index is 1.12. The zero-order valence-corrected chi connectivity index (χ0v) is 40.3. The molecule has 0 unspecified atom stereocenters. The molecule has 0 radical (unpaired) electrons. The van der Waals surface area contributed by atoms with Crippen molar-refractivity contribution in [2.45, 2.75) is 13.8 Å². The van der Waals surface area contributed by atoms with Crippen LogP contribution in [0.1, 0.15) is 11.1 Å². The van der Waals surface area contributed by atoms with Gasteiger partial charge in [-0.3, -0.25) is 0 Å². The van der Waals surface area contributed by atoms with Gasteiger partial charge in [-0.2, -0.15) is 0 Å². The van der Waals surface area contributed by atoms with Crippen LogP contribution in [0.2, 0.25) is 0 Å². The lowest BCUT2D eigenvalue weighted by molar-refractivity contribution is 1.29. The van der Waals surface area contributed by atoms with E-state index in [0.29, 0.717) is 0 Å². The summed E-state index contributed by atoms with van der Waals surface area (Å²) in [6, 6.07) is 85.4. The summed E-state index contributed by atoms with van der Waals surface area (Å²) in [5.41, 5.74) is 14.2. The molecule has 0 saturated heterocycles. The second-order valence-electron chi connectivity index (χ2n) is 18.5. The van der Waals surface area contributed by atoms with Crippen molar-refractivity contribution in [3.8, 4) is 22.3 Å². The second kappa shape index (κ2) is 16.2. The Morgan fingerprint density at radius 2 is 0.657 bits per heavy atom. The summed E-state index contributed by atoms with van der Waals surface area (Å²) >= 11 is 3.77. The number of hydrogen-bond donors (Lipinski definition) is 0. The normalized spacial score (nSPS) is 11.9. The van der Waals surface area contributed by atoms with Gasteiger partial charge in [-0.25, -0.2) is 0 Å². The molecule has 0 saturated carbocycles. The smallest absolute Gasteiger partial charge is 0.0543 e. The van der Waals surface area contributed by atoms with E-state index in [4.69, 9.17) is 0 Å². The van der Waals surface area contributed by atoms with Gasteiger partial charge in [0, 0.05) is 73.9 Å². The second-order valence-corrected chi connectivity index (χ2v) is 20.6. The maximum Gasteiger partial charge on any atom is 0.0543 e. The Kier molecular flexibility index (Phi) is 9.42. The molecule has 0 aliphatic heterocycles. The molecule has 0 aliphatic rings. The highest BCUT2D eigenvalue weighted by Crippen LogP contribution is 2.51. The van der Waals surface area contributed by atoms with E-state index in [1.165, 1.54) is 106 Å². The largest absolute Gasteiger partial charge is 0.310 e. The number of para-hydroxylation sites is 2. The van der Waals surface area contributed by atoms with E-state index in [0.717, 1.165) is 34.1 Å². The third kappa shape index (κ3) is 6.38. The highest BCUT2D eigenvalue weighted by Gasteiger charge is 2.25. The van der Waals surface area contributed by atoms with Gasteiger partial charge in [0.05, 0.1) is 11.4 Å². The number of anilines is 6. The Morgan fingerprint density at radius 3 is 1.11 bits per heavy atom. The van der Waals surface area contributed by atoms with Gasteiger partial charge in [0.25, 0.3) is 0 Å². The lowest BCUT2D eigenvalue weighted by Gasteiger charge is -2.30. The number of nitrogens with zero attached hydrogens (tertiary/aromatic N) is 2. The van der Waals surface area contributed by atoms with E-state index in [9.17, 15) is 0 Å². The number of benzene rings is 12. The fourth-order valence-corrected chi connectivity index (χ4v) is 13.7. The highest BCUT2D eigenvalue weighted by molar-refractivity contribution is 7.26. The molecule has 0 N–H and O–H groups in total. The molecule has 0 atom stereocenters. The minimum absolute atomic E-state index is 1.12. The van der Waals surface area contributed by atoms with Crippen LogP contribution < -0.4 is 9.80 Å². The number of fused-ring (bicyclic) bond motifs is 6. The van der Waals surface area contributed by atoms with Gasteiger partial charge in [-0.1, -0.05) is 158 Å². The molecular formula is C66H44N2S2. The third-order valence-corrected chi connectivity index (χ3v) is 16.9. The van der Waals surface area contributed by atoms with E-state index in [2.05, 4.69) is 254 Å². The zero-order valence-electron chi connectivity index (χ0n) is 38.7. The van der Waals surface area contributed by atoms with Gasteiger partial charge in [-0.15, -0.1) is 22.7 Å². The first-order chi connectivity index (χ1) is 34.6. The average Bonchev–Trinajstić information content (AvgIpc) is 3.99. The van der Waals surface area contributed by atoms with Crippen LogP contribution in [-0.4, -0.2) is 0 Å². The number of aryl methyl sites for hydroxylation is 2. The van der Waals surface area contributed by atoms with Gasteiger partial charge in [0.15, 0.2) is 0 Å². The molecule has 330 valence electrons. The van der Waals surface area contributed by atoms with Crippen LogP contribution in [0.15, 0.2) is 231 Å². The van der Waals surface area contributed by atoms with Crippen LogP contribution in [0.3, 0.4) is 0 Å². The Hall–Kier alpha value is -8.28. The Labute approximate surface area is 414 Å². The molecule has 14 rings (SSSR count). The molecule has 2 heterocycles. The molecular weight excluding hydrogens is 885 g/mol. The van der Waals surface area contributed by atoms with Crippen LogP contribution in [-0.2, 0) is 0 Å². The minimum Gasteiger partial charge on any atom is -0.310 e. The van der Waals surface area contributed by atoms with Gasteiger partial charge < -0.3 is 9.80 Å². The predicted molar refractivity (Wildman–Crippen MR) is 306 cm³/mol. The average molecular weight is 929 g/mol. The fourth-order valence-electron chi connectivity index (χ4n) is 11.3. The van der Waals surface area contributed by atoms with Gasteiger partial charge in [0.2, 0.25) is 0 Å². The Bertz CT molecular complexity index is 4060. The fraction of sp³-hybridized carbons (Fsp3) is 0.0303. The van der Waals surface area contributed by atoms with E-state index < -0.39 is 0 Å². The van der Waals surface area contributed by atoms with E-state index in [1.807, 2.05) is 22.7 Å². The zero-order chi connectivity index (χ0) is 46.5. The van der Waals surface area contributed by atoms with Crippen molar-refractivity contribution in [2.24, 2.45) is 0 Å². The maximum absolute atomic E-state index is 2.47. The SMILES string of the molecule is Cc1cc(N(c2ccccc2)c2cccc(-c3cccc4c3sc3ccccc34)c2)c2ccc3c(C)cc(N(c4ccccc4)c4cccc(-c5cccc6c5sc5ccccc56)c4)c4ccc1c2c34. The summed E-state index contributed by atoms with van der Waals surface area (Å²) in [5.74, 6) is 0. The summed E-state index contributed by atoms with van der Waals surface area (Å²) in [4.78, 5) is 4.94. The molecule has 0 spiro atoms. The molecule has 14 aromatic rings. The lowest BCUT2D eigenvalue weighted by atomic mass is 9.88. The Morgan fingerprint density at radius 1 is 0.286 bits per heavy atom. The highest BCUT2D eigenvalue weighted by atomic mass is 32.1. The first-order valence-electron chi connectivity index (χ1n) is 24.0. The van der Waals surface area contributed by atoms with Crippen LogP contribution in [0.5, 0.6) is 0 Å². The van der Waals surface area contributed by atoms with E-state index in [-0.39, 0.29) is 0 Å². The van der Waals surface area contributed by atoms with Crippen molar-refractivity contribution in [3.05, 3.63) is 242 Å². The van der Waals surface area contributed by atoms with Gasteiger partial charge in [0.1, 0.15) is 0 Å². The monoisotopic (exact) mass is 928 g/mol. The topological polar surface area (TPSA) is 6.48 Å². The first kappa shape index (κ1) is 40.8. The van der Waals surface area contributed by atoms with Crippen molar-refractivity contribution in [1.29, 1.82) is 0 Å². The summed E-state index contributed by atoms with van der Waals surface area (Å²) in [6.07, 6.45) is 0. The summed E-state index contributed by atoms with van der Waals surface area (Å²) in [7, 11) is 0. The van der Waals surface area contributed by atoms with Crippen molar-refractivity contribution in [1.82, 2.24) is 0 Å². The predicted octanol–water partition coefficient (Wildman–Crippen LogP) is 20.2. The summed E-state index contributed by atoms with van der Waals surface area (Å²) in [5, 5.41) is 12.8. The number of rotatable bonds is 8. The van der Waals surface area contributed by atoms with E-state index >= 15 is 0 Å². The number of thiophene rings is 2. The van der Waals surface area contributed by atoms with Crippen LogP contribution >= 0.6 is 22.7 Å². The Balaban J connectivity index is 0.972. The summed E-state index contributed by atoms with van der Waals surface area (Å²) < 4.78 is 5.27. The van der Waals surface area contributed by atoms with Crippen molar-refractivity contribution < 1.29 is 0 Å². The number of hydrogen-bond acceptors (Lipinski definition) is 4. The maximum atomic E-state index is 2.47. The van der Waals surface area contributed by atoms with Crippen molar-refractivity contribution in [3.63, 3.8) is 0 Å². The molecule has 0 aliphatic carbocycles. The molecule has 4 heteroatoms. The molecule has 2 nitrogen and oxygen atoms in total. The first-order valence-corrected chi connectivity index (χ1v) is 25.6. The summed E-state index contributed by atoms with van der Waals surface area (Å²) in [6.45, 7) is 4.56. The van der Waals surface area contributed by atoms with Gasteiger partial charge >= 0.3 is 0 Å². The van der Waals surface area contributed by atoms with Gasteiger partial charge in [-0.05, 0) is 142 Å². The van der Waals surface area contributed by atoms with Crippen LogP contribution in [0, 0.1) is 13.8 Å². The molecule has 0 bridgehead atoms. The molecule has 0 fully saturated rings. The lowest BCUT2D eigenvalue weighted by Crippen LogP contribution is -2.12. The van der Waals surface area contributed by atoms with Crippen molar-refractivity contribution >= 4 is 129 Å². The molecule has 0 amide bonds. The molecule has 70 heavy (non-hydrogen) atoms. The van der Waals surface area contributed by atoms with Crippen LogP contribution in [0.25, 0.3) is 94.9 Å².